The average Bonchev–Trinajstić information content (AvgIpc) is 2.37. The highest BCUT2D eigenvalue weighted by Gasteiger charge is 2.13. The molecule has 0 spiro atoms. The first-order chi connectivity index (χ1) is 9.51. The third kappa shape index (κ3) is 3.14. The van der Waals surface area contributed by atoms with Crippen molar-refractivity contribution in [3.8, 4) is 11.6 Å². The molecule has 0 atom stereocenters. The van der Waals surface area contributed by atoms with E-state index in [1.807, 2.05) is 38.1 Å². The van der Waals surface area contributed by atoms with Gasteiger partial charge in [0, 0.05) is 5.69 Å². The van der Waals surface area contributed by atoms with Gasteiger partial charge < -0.3 is 10.5 Å². The van der Waals surface area contributed by atoms with Gasteiger partial charge in [0.25, 0.3) is 0 Å². The Morgan fingerprint density at radius 1 is 1.30 bits per heavy atom. The zero-order valence-corrected chi connectivity index (χ0v) is 12.8. The molecule has 20 heavy (non-hydrogen) atoms. The van der Waals surface area contributed by atoms with Crippen LogP contribution in [-0.2, 0) is 6.42 Å². The molecule has 0 amide bonds. The molecule has 0 saturated heterocycles. The first kappa shape index (κ1) is 14.5. The van der Waals surface area contributed by atoms with Gasteiger partial charge >= 0.3 is 0 Å². The first-order valence-corrected chi connectivity index (χ1v) is 6.97. The maximum atomic E-state index is 5.90. The molecule has 0 unspecified atom stereocenters. The van der Waals surface area contributed by atoms with Gasteiger partial charge in [-0.2, -0.15) is 0 Å². The number of aromatic nitrogens is 1. The molecule has 0 radical (unpaired) electrons. The largest absolute Gasteiger partial charge is 0.438 e. The number of aryl methyl sites for hydroxylation is 3. The van der Waals surface area contributed by atoms with Gasteiger partial charge in [-0.1, -0.05) is 31.3 Å². The summed E-state index contributed by atoms with van der Waals surface area (Å²) in [5.41, 5.74) is 9.56. The minimum absolute atomic E-state index is 0.302. The fourth-order valence-electron chi connectivity index (χ4n) is 2.12. The summed E-state index contributed by atoms with van der Waals surface area (Å²) in [6.07, 6.45) is 0.958. The number of thiocarbonyl (C=S) groups is 1. The predicted molar refractivity (Wildman–Crippen MR) is 85.5 cm³/mol. The second-order valence-electron chi connectivity index (χ2n) is 4.73. The van der Waals surface area contributed by atoms with Crippen molar-refractivity contribution in [2.45, 2.75) is 27.2 Å². The van der Waals surface area contributed by atoms with E-state index in [0.717, 1.165) is 23.4 Å². The van der Waals surface area contributed by atoms with E-state index in [-0.39, 0.29) is 0 Å². The van der Waals surface area contributed by atoms with Gasteiger partial charge in [-0.15, -0.1) is 0 Å². The third-order valence-electron chi connectivity index (χ3n) is 3.08. The zero-order valence-electron chi connectivity index (χ0n) is 11.9. The average molecular weight is 286 g/mol. The molecule has 4 heteroatoms. The summed E-state index contributed by atoms with van der Waals surface area (Å²) in [5.74, 6) is 1.22. The standard InChI is InChI=1S/C16H18N2OS/c1-4-12-6-5-7-13(9-12)19-16-14(15(17)20)10(2)8-11(3)18-16/h5-9H,4H2,1-3H3,(H2,17,20). The molecule has 2 aromatic rings. The SMILES string of the molecule is CCc1cccc(Oc2nc(C)cc(C)c2C(N)=S)c1. The van der Waals surface area contributed by atoms with E-state index < -0.39 is 0 Å². The predicted octanol–water partition coefficient (Wildman–Crippen LogP) is 3.69. The number of nitrogens with two attached hydrogens (primary N) is 1. The smallest absolute Gasteiger partial charge is 0.229 e. The van der Waals surface area contributed by atoms with Crippen LogP contribution in [0.15, 0.2) is 30.3 Å². The van der Waals surface area contributed by atoms with E-state index in [0.29, 0.717) is 16.4 Å². The molecule has 0 aliphatic carbocycles. The van der Waals surface area contributed by atoms with E-state index in [4.69, 9.17) is 22.7 Å². The fraction of sp³-hybridized carbons (Fsp3) is 0.250. The molecule has 0 bridgehead atoms. The molecule has 0 saturated carbocycles. The monoisotopic (exact) mass is 286 g/mol. The number of pyridine rings is 1. The lowest BCUT2D eigenvalue weighted by Gasteiger charge is -2.13. The van der Waals surface area contributed by atoms with E-state index in [9.17, 15) is 0 Å². The number of rotatable bonds is 4. The molecule has 0 fully saturated rings. The Labute approximate surface area is 124 Å². The van der Waals surface area contributed by atoms with Crippen molar-refractivity contribution in [1.82, 2.24) is 4.98 Å². The number of nitrogens with zero attached hydrogens (tertiary/aromatic N) is 1. The highest BCUT2D eigenvalue weighted by Crippen LogP contribution is 2.27. The number of ether oxygens (including phenoxy) is 1. The minimum atomic E-state index is 0.302. The van der Waals surface area contributed by atoms with E-state index in [2.05, 4.69) is 18.0 Å². The van der Waals surface area contributed by atoms with Crippen LogP contribution in [-0.4, -0.2) is 9.97 Å². The van der Waals surface area contributed by atoms with Crippen molar-refractivity contribution in [3.05, 3.63) is 52.7 Å². The van der Waals surface area contributed by atoms with Crippen molar-refractivity contribution in [2.24, 2.45) is 5.73 Å². The Kier molecular flexibility index (Phi) is 4.35. The van der Waals surface area contributed by atoms with Crippen molar-refractivity contribution in [2.75, 3.05) is 0 Å². The molecule has 1 aromatic heterocycles. The Morgan fingerprint density at radius 2 is 2.05 bits per heavy atom. The lowest BCUT2D eigenvalue weighted by Crippen LogP contribution is -2.14. The Balaban J connectivity index is 2.44. The van der Waals surface area contributed by atoms with Crippen LogP contribution in [0.2, 0.25) is 0 Å². The summed E-state index contributed by atoms with van der Waals surface area (Å²) < 4.78 is 5.90. The molecule has 1 aromatic carbocycles. The van der Waals surface area contributed by atoms with E-state index in [1.54, 1.807) is 0 Å². The molecule has 0 aliphatic rings. The molecule has 0 aliphatic heterocycles. The van der Waals surface area contributed by atoms with Crippen LogP contribution in [0.25, 0.3) is 0 Å². The highest BCUT2D eigenvalue weighted by molar-refractivity contribution is 7.80. The van der Waals surface area contributed by atoms with Crippen molar-refractivity contribution >= 4 is 17.2 Å². The van der Waals surface area contributed by atoms with Crippen molar-refractivity contribution < 1.29 is 4.74 Å². The first-order valence-electron chi connectivity index (χ1n) is 6.56. The summed E-state index contributed by atoms with van der Waals surface area (Å²) in [6, 6.07) is 9.89. The summed E-state index contributed by atoms with van der Waals surface area (Å²) in [5, 5.41) is 0. The van der Waals surface area contributed by atoms with Crippen molar-refractivity contribution in [3.63, 3.8) is 0 Å². The summed E-state index contributed by atoms with van der Waals surface area (Å²) >= 11 is 5.10. The van der Waals surface area contributed by atoms with Crippen LogP contribution >= 0.6 is 12.2 Å². The van der Waals surface area contributed by atoms with Gasteiger partial charge in [-0.3, -0.25) is 0 Å². The Bertz CT molecular complexity index is 653. The highest BCUT2D eigenvalue weighted by atomic mass is 32.1. The number of hydrogen-bond donors (Lipinski definition) is 1. The molecular formula is C16H18N2OS. The Hall–Kier alpha value is -1.94. The molecular weight excluding hydrogens is 268 g/mol. The summed E-state index contributed by atoms with van der Waals surface area (Å²) in [4.78, 5) is 4.72. The van der Waals surface area contributed by atoms with Gasteiger partial charge in [0.05, 0.1) is 5.56 Å². The lowest BCUT2D eigenvalue weighted by molar-refractivity contribution is 0.459. The summed E-state index contributed by atoms with van der Waals surface area (Å²) in [6.45, 7) is 5.98. The van der Waals surface area contributed by atoms with Crippen LogP contribution in [0.4, 0.5) is 0 Å². The normalized spacial score (nSPS) is 10.3. The van der Waals surface area contributed by atoms with Gasteiger partial charge in [0.1, 0.15) is 10.7 Å². The lowest BCUT2D eigenvalue weighted by atomic mass is 10.1. The van der Waals surface area contributed by atoms with Crippen LogP contribution in [0.5, 0.6) is 11.6 Å². The molecule has 2 rings (SSSR count). The second kappa shape index (κ2) is 6.01. The van der Waals surface area contributed by atoms with Crippen LogP contribution < -0.4 is 10.5 Å². The van der Waals surface area contributed by atoms with Gasteiger partial charge in [0.15, 0.2) is 0 Å². The topological polar surface area (TPSA) is 48.1 Å². The Morgan fingerprint density at radius 3 is 2.70 bits per heavy atom. The molecule has 3 nitrogen and oxygen atoms in total. The van der Waals surface area contributed by atoms with Gasteiger partial charge in [0.2, 0.25) is 5.88 Å². The zero-order chi connectivity index (χ0) is 14.7. The van der Waals surface area contributed by atoms with Crippen LogP contribution in [0.3, 0.4) is 0 Å². The molecule has 1 heterocycles. The van der Waals surface area contributed by atoms with E-state index >= 15 is 0 Å². The van der Waals surface area contributed by atoms with E-state index in [1.165, 1.54) is 5.56 Å². The number of benzene rings is 1. The third-order valence-corrected chi connectivity index (χ3v) is 3.28. The maximum Gasteiger partial charge on any atom is 0.229 e. The summed E-state index contributed by atoms with van der Waals surface area (Å²) in [7, 11) is 0. The quantitative estimate of drug-likeness (QED) is 0.871. The molecule has 104 valence electrons. The second-order valence-corrected chi connectivity index (χ2v) is 5.17. The fourth-order valence-corrected chi connectivity index (χ4v) is 2.36. The van der Waals surface area contributed by atoms with Gasteiger partial charge in [-0.25, -0.2) is 4.98 Å². The maximum absolute atomic E-state index is 5.90. The molecule has 2 N–H and O–H groups in total. The van der Waals surface area contributed by atoms with Gasteiger partial charge in [-0.05, 0) is 49.6 Å². The van der Waals surface area contributed by atoms with Crippen molar-refractivity contribution in [1.29, 1.82) is 0 Å². The van der Waals surface area contributed by atoms with Crippen LogP contribution in [0, 0.1) is 13.8 Å². The number of hydrogen-bond acceptors (Lipinski definition) is 3. The van der Waals surface area contributed by atoms with Crippen LogP contribution in [0.1, 0.15) is 29.3 Å². The minimum Gasteiger partial charge on any atom is -0.438 e.